The fourth-order valence-electron chi connectivity index (χ4n) is 3.14. The molecule has 2 saturated heterocycles. The molecule has 26 heavy (non-hydrogen) atoms. The summed E-state index contributed by atoms with van der Waals surface area (Å²) in [6.45, 7) is 4.38. The monoisotopic (exact) mass is 482 g/mol. The molecule has 0 saturated carbocycles. The normalized spacial score (nSPS) is 20.5. The van der Waals surface area contributed by atoms with E-state index in [2.05, 4.69) is 19.9 Å². The Labute approximate surface area is 172 Å². The molecule has 2 aliphatic heterocycles. The largest absolute Gasteiger partial charge is 0.469 e. The highest BCUT2D eigenvalue weighted by atomic mass is 127. The molecule has 9 heteroatoms. The van der Waals surface area contributed by atoms with Gasteiger partial charge in [-0.2, -0.15) is 0 Å². The predicted molar refractivity (Wildman–Crippen MR) is 110 cm³/mol. The number of carbonyl (C=O) groups excluding carboxylic acids is 2. The molecule has 0 spiro atoms. The van der Waals surface area contributed by atoms with Crippen LogP contribution in [0.1, 0.15) is 32.1 Å². The van der Waals surface area contributed by atoms with Gasteiger partial charge in [-0.05, 0) is 25.7 Å². The minimum Gasteiger partial charge on any atom is -0.469 e. The van der Waals surface area contributed by atoms with Crippen molar-refractivity contribution in [3.05, 3.63) is 0 Å². The Hall–Kier alpha value is -1.10. The molecule has 1 unspecified atom stereocenters. The van der Waals surface area contributed by atoms with Crippen molar-refractivity contribution in [2.45, 2.75) is 38.2 Å². The average Bonchev–Trinajstić information content (AvgIpc) is 3.19. The summed E-state index contributed by atoms with van der Waals surface area (Å²) in [6.07, 6.45) is 3.70. The van der Waals surface area contributed by atoms with Crippen LogP contribution in [0.3, 0.4) is 0 Å². The van der Waals surface area contributed by atoms with E-state index < -0.39 is 0 Å². The van der Waals surface area contributed by atoms with Crippen molar-refractivity contribution >= 4 is 41.8 Å². The van der Waals surface area contributed by atoms with Gasteiger partial charge in [0, 0.05) is 52.8 Å². The number of unbranched alkanes of at least 4 members (excludes halogenated alkanes) is 1. The number of hydrogen-bond donors (Lipinski definition) is 1. The molecule has 0 radical (unpaired) electrons. The van der Waals surface area contributed by atoms with Crippen molar-refractivity contribution in [1.82, 2.24) is 15.1 Å². The Morgan fingerprint density at radius 3 is 2.46 bits per heavy atom. The Balaban J connectivity index is 0.00000338. The van der Waals surface area contributed by atoms with E-state index in [0.717, 1.165) is 51.3 Å². The third-order valence-corrected chi connectivity index (χ3v) is 4.63. The van der Waals surface area contributed by atoms with E-state index in [4.69, 9.17) is 4.74 Å². The maximum atomic E-state index is 12.4. The number of halogens is 1. The predicted octanol–water partition coefficient (Wildman–Crippen LogP) is 0.846. The number of ether oxygens (including phenoxy) is 2. The van der Waals surface area contributed by atoms with E-state index >= 15 is 0 Å². The summed E-state index contributed by atoms with van der Waals surface area (Å²) < 4.78 is 10.1. The van der Waals surface area contributed by atoms with Crippen molar-refractivity contribution in [3.63, 3.8) is 0 Å². The van der Waals surface area contributed by atoms with Gasteiger partial charge in [0.1, 0.15) is 6.10 Å². The van der Waals surface area contributed by atoms with Crippen molar-refractivity contribution in [2.75, 3.05) is 53.5 Å². The Bertz CT molecular complexity index is 475. The first-order valence-electron chi connectivity index (χ1n) is 9.08. The average molecular weight is 482 g/mol. The maximum Gasteiger partial charge on any atom is 0.305 e. The summed E-state index contributed by atoms with van der Waals surface area (Å²) >= 11 is 0. The molecular formula is C17H31IN4O4. The number of piperazine rings is 1. The lowest BCUT2D eigenvalue weighted by atomic mass is 10.2. The molecule has 0 aromatic rings. The van der Waals surface area contributed by atoms with Crippen LogP contribution in [0.15, 0.2) is 4.99 Å². The molecule has 1 N–H and O–H groups in total. The summed E-state index contributed by atoms with van der Waals surface area (Å²) in [6, 6.07) is 0. The summed E-state index contributed by atoms with van der Waals surface area (Å²) in [5.41, 5.74) is 0. The lowest BCUT2D eigenvalue weighted by Crippen LogP contribution is -2.55. The van der Waals surface area contributed by atoms with Crippen LogP contribution in [0.25, 0.3) is 0 Å². The number of carbonyl (C=O) groups is 2. The van der Waals surface area contributed by atoms with Gasteiger partial charge in [-0.3, -0.25) is 14.6 Å². The number of guanidine groups is 1. The Morgan fingerprint density at radius 2 is 1.88 bits per heavy atom. The number of amides is 1. The first kappa shape index (κ1) is 22.9. The van der Waals surface area contributed by atoms with Gasteiger partial charge in [0.2, 0.25) is 0 Å². The van der Waals surface area contributed by atoms with Crippen molar-refractivity contribution in [2.24, 2.45) is 4.99 Å². The third-order valence-electron chi connectivity index (χ3n) is 4.63. The van der Waals surface area contributed by atoms with Crippen LogP contribution < -0.4 is 5.32 Å². The van der Waals surface area contributed by atoms with Gasteiger partial charge < -0.3 is 24.6 Å². The Morgan fingerprint density at radius 1 is 1.19 bits per heavy atom. The molecule has 0 aliphatic carbocycles. The number of methoxy groups -OCH3 is 1. The van der Waals surface area contributed by atoms with Gasteiger partial charge in [0.25, 0.3) is 5.91 Å². The molecule has 0 aromatic heterocycles. The van der Waals surface area contributed by atoms with Gasteiger partial charge in [0.05, 0.1) is 7.11 Å². The van der Waals surface area contributed by atoms with Gasteiger partial charge in [-0.1, -0.05) is 0 Å². The van der Waals surface area contributed by atoms with E-state index in [9.17, 15) is 9.59 Å². The van der Waals surface area contributed by atoms with E-state index in [-0.39, 0.29) is 42.0 Å². The van der Waals surface area contributed by atoms with Crippen LogP contribution in [-0.4, -0.2) is 87.2 Å². The van der Waals surface area contributed by atoms with Crippen LogP contribution in [0, 0.1) is 0 Å². The molecule has 8 nitrogen and oxygen atoms in total. The van der Waals surface area contributed by atoms with Crippen LogP contribution in [0.2, 0.25) is 0 Å². The highest BCUT2D eigenvalue weighted by Gasteiger charge is 2.30. The number of nitrogens with one attached hydrogen (secondary N) is 1. The SMILES string of the molecule is CN=C(NCCCCC(=O)OC)N1CCN(C(=O)C2CCCO2)CC1.I. The highest BCUT2D eigenvalue weighted by Crippen LogP contribution is 2.16. The lowest BCUT2D eigenvalue weighted by molar-refractivity contribution is -0.142. The van der Waals surface area contributed by atoms with Gasteiger partial charge in [-0.15, -0.1) is 24.0 Å². The topological polar surface area (TPSA) is 83.5 Å². The summed E-state index contributed by atoms with van der Waals surface area (Å²) in [4.78, 5) is 31.8. The molecule has 150 valence electrons. The maximum absolute atomic E-state index is 12.4. The summed E-state index contributed by atoms with van der Waals surface area (Å²) in [5.74, 6) is 0.807. The highest BCUT2D eigenvalue weighted by molar-refractivity contribution is 14.0. The van der Waals surface area contributed by atoms with E-state index in [1.807, 2.05) is 4.90 Å². The third kappa shape index (κ3) is 6.90. The second-order valence-electron chi connectivity index (χ2n) is 6.32. The molecule has 2 fully saturated rings. The van der Waals surface area contributed by atoms with Gasteiger partial charge >= 0.3 is 5.97 Å². The molecular weight excluding hydrogens is 451 g/mol. The van der Waals surface area contributed by atoms with Crippen LogP contribution in [-0.2, 0) is 19.1 Å². The summed E-state index contributed by atoms with van der Waals surface area (Å²) in [5, 5.41) is 3.33. The number of rotatable bonds is 6. The zero-order valence-electron chi connectivity index (χ0n) is 15.7. The lowest BCUT2D eigenvalue weighted by Gasteiger charge is -2.37. The van der Waals surface area contributed by atoms with Crippen LogP contribution in [0.4, 0.5) is 0 Å². The molecule has 1 amide bonds. The standard InChI is InChI=1S/C17H30N4O4.HI/c1-18-17(19-8-4-3-7-15(22)24-2)21-11-9-20(10-12-21)16(23)14-6-5-13-25-14;/h14H,3-13H2,1-2H3,(H,18,19);1H. The quantitative estimate of drug-likeness (QED) is 0.199. The van der Waals surface area contributed by atoms with Crippen molar-refractivity contribution < 1.29 is 19.1 Å². The summed E-state index contributed by atoms with van der Waals surface area (Å²) in [7, 11) is 3.17. The zero-order chi connectivity index (χ0) is 18.1. The van der Waals surface area contributed by atoms with E-state index in [1.165, 1.54) is 7.11 Å². The van der Waals surface area contributed by atoms with Crippen molar-refractivity contribution in [1.29, 1.82) is 0 Å². The molecule has 0 bridgehead atoms. The Kier molecular flexibility index (Phi) is 10.9. The van der Waals surface area contributed by atoms with Gasteiger partial charge in [-0.25, -0.2) is 0 Å². The van der Waals surface area contributed by atoms with Crippen LogP contribution >= 0.6 is 24.0 Å². The minimum absolute atomic E-state index is 0. The fraction of sp³-hybridized carbons (Fsp3) is 0.824. The van der Waals surface area contributed by atoms with Crippen LogP contribution in [0.5, 0.6) is 0 Å². The number of aliphatic imine (C=N–C) groups is 1. The zero-order valence-corrected chi connectivity index (χ0v) is 18.1. The van der Waals surface area contributed by atoms with E-state index in [0.29, 0.717) is 26.1 Å². The molecule has 0 aromatic carbocycles. The number of nitrogens with zero attached hydrogens (tertiary/aromatic N) is 3. The van der Waals surface area contributed by atoms with Crippen molar-refractivity contribution in [3.8, 4) is 0 Å². The second-order valence-corrected chi connectivity index (χ2v) is 6.32. The minimum atomic E-state index is -0.237. The van der Waals surface area contributed by atoms with E-state index in [1.54, 1.807) is 7.05 Å². The number of hydrogen-bond acceptors (Lipinski definition) is 5. The first-order chi connectivity index (χ1) is 12.2. The number of esters is 1. The molecule has 2 heterocycles. The smallest absolute Gasteiger partial charge is 0.305 e. The first-order valence-corrected chi connectivity index (χ1v) is 9.08. The fourth-order valence-corrected chi connectivity index (χ4v) is 3.14. The molecule has 2 aliphatic rings. The molecule has 1 atom stereocenters. The van der Waals surface area contributed by atoms with Gasteiger partial charge in [0.15, 0.2) is 5.96 Å². The second kappa shape index (κ2) is 12.3. The molecule has 2 rings (SSSR count).